The highest BCUT2D eigenvalue weighted by Gasteiger charge is 2.43. The second-order valence-corrected chi connectivity index (χ2v) is 5.48. The Kier molecular flexibility index (Phi) is 3.54. The summed E-state index contributed by atoms with van der Waals surface area (Å²) in [6.45, 7) is 0. The summed E-state index contributed by atoms with van der Waals surface area (Å²) in [7, 11) is -4.44. The first-order chi connectivity index (χ1) is 7.23. The Labute approximate surface area is 91.8 Å². The van der Waals surface area contributed by atoms with E-state index >= 15 is 0 Å². The Bertz CT molecular complexity index is 399. The molecule has 0 aromatic carbocycles. The van der Waals surface area contributed by atoms with Crippen LogP contribution in [0.5, 0.6) is 0 Å². The van der Waals surface area contributed by atoms with Crippen LogP contribution in [0.25, 0.3) is 0 Å². The molecular formula is C8H12O7S. The van der Waals surface area contributed by atoms with Crippen LogP contribution < -0.4 is 0 Å². The maximum Gasteiger partial charge on any atom is 0.307 e. The molecule has 16 heavy (non-hydrogen) atoms. The number of rotatable bonds is 3. The van der Waals surface area contributed by atoms with Gasteiger partial charge in [-0.25, -0.2) is 0 Å². The van der Waals surface area contributed by atoms with Crippen molar-refractivity contribution in [2.45, 2.75) is 24.5 Å². The lowest BCUT2D eigenvalue weighted by atomic mass is 9.81. The first-order valence-electron chi connectivity index (χ1n) is 4.65. The molecule has 1 fully saturated rings. The van der Waals surface area contributed by atoms with E-state index in [2.05, 4.69) is 0 Å². The van der Waals surface area contributed by atoms with Gasteiger partial charge in [0.25, 0.3) is 10.1 Å². The third-order valence-corrected chi connectivity index (χ3v) is 4.17. The zero-order valence-corrected chi connectivity index (χ0v) is 9.05. The van der Waals surface area contributed by atoms with E-state index in [4.69, 9.17) is 14.8 Å². The molecule has 0 spiro atoms. The Balaban J connectivity index is 2.92. The van der Waals surface area contributed by atoms with Crippen LogP contribution in [0.4, 0.5) is 0 Å². The van der Waals surface area contributed by atoms with Gasteiger partial charge in [0, 0.05) is 0 Å². The summed E-state index contributed by atoms with van der Waals surface area (Å²) >= 11 is 0. The lowest BCUT2D eigenvalue weighted by Gasteiger charge is -2.29. The molecule has 0 radical (unpaired) electrons. The summed E-state index contributed by atoms with van der Waals surface area (Å²) in [5.41, 5.74) is 0. The van der Waals surface area contributed by atoms with E-state index in [1.807, 2.05) is 0 Å². The SMILES string of the molecule is O=C(O)C1CCC(S(=O)(=O)O)C(C(=O)O)C1. The first-order valence-corrected chi connectivity index (χ1v) is 6.15. The van der Waals surface area contributed by atoms with Gasteiger partial charge in [-0.2, -0.15) is 8.42 Å². The van der Waals surface area contributed by atoms with Crippen LogP contribution in [0.2, 0.25) is 0 Å². The van der Waals surface area contributed by atoms with Crippen molar-refractivity contribution in [3.8, 4) is 0 Å². The van der Waals surface area contributed by atoms with Gasteiger partial charge in [-0.3, -0.25) is 14.1 Å². The third-order valence-electron chi connectivity index (χ3n) is 2.84. The van der Waals surface area contributed by atoms with Crippen molar-refractivity contribution in [2.75, 3.05) is 0 Å². The average molecular weight is 252 g/mol. The topological polar surface area (TPSA) is 129 Å². The van der Waals surface area contributed by atoms with Crippen molar-refractivity contribution in [2.24, 2.45) is 11.8 Å². The fourth-order valence-electron chi connectivity index (χ4n) is 1.98. The minimum Gasteiger partial charge on any atom is -0.481 e. The Hall–Kier alpha value is -1.15. The smallest absolute Gasteiger partial charge is 0.307 e. The average Bonchev–Trinajstić information content (AvgIpc) is 2.15. The van der Waals surface area contributed by atoms with Crippen molar-refractivity contribution in [1.29, 1.82) is 0 Å². The van der Waals surface area contributed by atoms with E-state index in [0.717, 1.165) is 0 Å². The van der Waals surface area contributed by atoms with E-state index in [9.17, 15) is 18.0 Å². The molecule has 8 heteroatoms. The molecule has 7 nitrogen and oxygen atoms in total. The highest BCUT2D eigenvalue weighted by atomic mass is 32.2. The number of hydrogen-bond acceptors (Lipinski definition) is 4. The number of carbonyl (C=O) groups is 2. The molecule has 3 N–H and O–H groups in total. The lowest BCUT2D eigenvalue weighted by Crippen LogP contribution is -2.41. The predicted octanol–water partition coefficient (Wildman–Crippen LogP) is -0.172. The van der Waals surface area contributed by atoms with Crippen LogP contribution in [0.15, 0.2) is 0 Å². The lowest BCUT2D eigenvalue weighted by molar-refractivity contribution is -0.147. The molecule has 92 valence electrons. The molecule has 0 heterocycles. The second kappa shape index (κ2) is 4.38. The maximum absolute atomic E-state index is 10.9. The van der Waals surface area contributed by atoms with E-state index in [-0.39, 0.29) is 19.3 Å². The fourth-order valence-corrected chi connectivity index (χ4v) is 3.06. The standard InChI is InChI=1S/C8H12O7S/c9-7(10)4-1-2-6(16(13,14)15)5(3-4)8(11)12/h4-6H,1-3H2,(H,9,10)(H,11,12)(H,13,14,15). The van der Waals surface area contributed by atoms with E-state index < -0.39 is 39.1 Å². The molecule has 1 aliphatic rings. The second-order valence-electron chi connectivity index (χ2n) is 3.85. The molecule has 0 aromatic rings. The Morgan fingerprint density at radius 2 is 1.62 bits per heavy atom. The van der Waals surface area contributed by atoms with E-state index in [0.29, 0.717) is 0 Å². The summed E-state index contributed by atoms with van der Waals surface area (Å²) in [5, 5.41) is 16.1. The zero-order valence-electron chi connectivity index (χ0n) is 8.24. The van der Waals surface area contributed by atoms with Gasteiger partial charge in [0.05, 0.1) is 17.1 Å². The Morgan fingerprint density at radius 1 is 1.06 bits per heavy atom. The molecule has 3 atom stereocenters. The van der Waals surface area contributed by atoms with Crippen LogP contribution in [0, 0.1) is 11.8 Å². The van der Waals surface area contributed by atoms with E-state index in [1.54, 1.807) is 0 Å². The van der Waals surface area contributed by atoms with Gasteiger partial charge < -0.3 is 10.2 Å². The summed E-state index contributed by atoms with van der Waals surface area (Å²) in [6.07, 6.45) is -0.356. The van der Waals surface area contributed by atoms with Crippen molar-refractivity contribution in [3.05, 3.63) is 0 Å². The van der Waals surface area contributed by atoms with Crippen LogP contribution in [-0.4, -0.2) is 40.4 Å². The summed E-state index contributed by atoms with van der Waals surface area (Å²) in [5.74, 6) is -4.75. The van der Waals surface area contributed by atoms with E-state index in [1.165, 1.54) is 0 Å². The molecule has 0 saturated heterocycles. The molecule has 0 aliphatic heterocycles. The number of carboxylic acid groups (broad SMARTS) is 2. The first kappa shape index (κ1) is 12.9. The van der Waals surface area contributed by atoms with Gasteiger partial charge in [0.2, 0.25) is 0 Å². The fraction of sp³-hybridized carbons (Fsp3) is 0.750. The monoisotopic (exact) mass is 252 g/mol. The molecule has 3 unspecified atom stereocenters. The van der Waals surface area contributed by atoms with Crippen molar-refractivity contribution >= 4 is 22.1 Å². The quantitative estimate of drug-likeness (QED) is 0.594. The summed E-state index contributed by atoms with van der Waals surface area (Å²) in [4.78, 5) is 21.5. The van der Waals surface area contributed by atoms with Gasteiger partial charge in [-0.15, -0.1) is 0 Å². The summed E-state index contributed by atoms with van der Waals surface area (Å²) < 4.78 is 30.7. The van der Waals surface area contributed by atoms with Crippen molar-refractivity contribution in [1.82, 2.24) is 0 Å². The minimum atomic E-state index is -4.44. The van der Waals surface area contributed by atoms with Gasteiger partial charge in [-0.05, 0) is 19.3 Å². The highest BCUT2D eigenvalue weighted by molar-refractivity contribution is 7.86. The largest absolute Gasteiger partial charge is 0.481 e. The zero-order chi connectivity index (χ0) is 12.5. The minimum absolute atomic E-state index is 0.0591. The van der Waals surface area contributed by atoms with Crippen LogP contribution in [0.3, 0.4) is 0 Å². The molecule has 0 aromatic heterocycles. The predicted molar refractivity (Wildman–Crippen MR) is 51.4 cm³/mol. The van der Waals surface area contributed by atoms with Crippen LogP contribution >= 0.6 is 0 Å². The normalized spacial score (nSPS) is 30.9. The molecule has 0 bridgehead atoms. The number of carboxylic acids is 2. The third kappa shape index (κ3) is 2.70. The maximum atomic E-state index is 10.9. The number of hydrogen-bond donors (Lipinski definition) is 3. The summed E-state index contributed by atoms with van der Waals surface area (Å²) in [6, 6.07) is 0. The van der Waals surface area contributed by atoms with Gasteiger partial charge in [-0.1, -0.05) is 0 Å². The molecular weight excluding hydrogens is 240 g/mol. The number of aliphatic carboxylic acids is 2. The van der Waals surface area contributed by atoms with Gasteiger partial charge in [0.15, 0.2) is 0 Å². The highest BCUT2D eigenvalue weighted by Crippen LogP contribution is 2.33. The molecule has 0 amide bonds. The van der Waals surface area contributed by atoms with Crippen molar-refractivity contribution < 1.29 is 32.8 Å². The van der Waals surface area contributed by atoms with Gasteiger partial charge in [0.1, 0.15) is 0 Å². The molecule has 1 rings (SSSR count). The molecule has 1 aliphatic carbocycles. The van der Waals surface area contributed by atoms with Gasteiger partial charge >= 0.3 is 11.9 Å². The molecule has 1 saturated carbocycles. The Morgan fingerprint density at radius 3 is 2.00 bits per heavy atom. The van der Waals surface area contributed by atoms with Crippen molar-refractivity contribution in [3.63, 3.8) is 0 Å². The van der Waals surface area contributed by atoms with Crippen LogP contribution in [-0.2, 0) is 19.7 Å². The van der Waals surface area contributed by atoms with Crippen LogP contribution in [0.1, 0.15) is 19.3 Å².